The van der Waals surface area contributed by atoms with Crippen LogP contribution in [0.2, 0.25) is 0 Å². The zero-order valence-electron chi connectivity index (χ0n) is 9.73. The number of piperidine rings is 1. The third kappa shape index (κ3) is 1.73. The van der Waals surface area contributed by atoms with Crippen LogP contribution in [0.15, 0.2) is 18.2 Å². The minimum absolute atomic E-state index is 0.524. The van der Waals surface area contributed by atoms with E-state index in [1.54, 1.807) is 13.2 Å². The van der Waals surface area contributed by atoms with Crippen molar-refractivity contribution < 1.29 is 4.74 Å². The number of anilines is 1. The van der Waals surface area contributed by atoms with Crippen molar-refractivity contribution >= 4 is 5.69 Å². The molecule has 0 aromatic heterocycles. The highest BCUT2D eigenvalue weighted by molar-refractivity contribution is 5.61. The van der Waals surface area contributed by atoms with Crippen molar-refractivity contribution in [1.29, 1.82) is 5.26 Å². The van der Waals surface area contributed by atoms with E-state index in [4.69, 9.17) is 10.00 Å². The summed E-state index contributed by atoms with van der Waals surface area (Å²) < 4.78 is 5.19. The van der Waals surface area contributed by atoms with Gasteiger partial charge in [0.1, 0.15) is 11.8 Å². The third-order valence-corrected chi connectivity index (χ3v) is 3.76. The predicted molar refractivity (Wildman–Crippen MR) is 65.0 cm³/mol. The number of hydrogen-bond donors (Lipinski definition) is 2. The fourth-order valence-electron chi connectivity index (χ4n) is 2.68. The van der Waals surface area contributed by atoms with Crippen molar-refractivity contribution in [3.63, 3.8) is 0 Å². The highest BCUT2D eigenvalue weighted by Gasteiger charge is 2.53. The van der Waals surface area contributed by atoms with Gasteiger partial charge < -0.3 is 15.4 Å². The van der Waals surface area contributed by atoms with Gasteiger partial charge in [-0.05, 0) is 24.0 Å². The molecular formula is C13H15N3O. The maximum absolute atomic E-state index is 9.08. The highest BCUT2D eigenvalue weighted by Crippen LogP contribution is 2.44. The third-order valence-electron chi connectivity index (χ3n) is 3.76. The molecule has 3 rings (SSSR count). The summed E-state index contributed by atoms with van der Waals surface area (Å²) >= 11 is 0. The Morgan fingerprint density at radius 1 is 1.41 bits per heavy atom. The molecule has 1 saturated carbocycles. The average molecular weight is 229 g/mol. The molecule has 1 aliphatic heterocycles. The first-order valence-electron chi connectivity index (χ1n) is 5.89. The van der Waals surface area contributed by atoms with Gasteiger partial charge in [0, 0.05) is 25.2 Å². The Morgan fingerprint density at radius 2 is 2.18 bits per heavy atom. The molecule has 0 radical (unpaired) electrons. The summed E-state index contributed by atoms with van der Waals surface area (Å²) in [6, 6.07) is 8.26. The molecule has 4 nitrogen and oxygen atoms in total. The van der Waals surface area contributed by atoms with Gasteiger partial charge in [-0.15, -0.1) is 0 Å². The molecule has 2 N–H and O–H groups in total. The van der Waals surface area contributed by atoms with Crippen molar-refractivity contribution in [2.24, 2.45) is 11.8 Å². The number of methoxy groups -OCH3 is 1. The van der Waals surface area contributed by atoms with Crippen LogP contribution in [0, 0.1) is 23.2 Å². The molecule has 2 unspecified atom stereocenters. The van der Waals surface area contributed by atoms with Crippen molar-refractivity contribution in [1.82, 2.24) is 5.32 Å². The van der Waals surface area contributed by atoms with E-state index in [0.717, 1.165) is 36.4 Å². The van der Waals surface area contributed by atoms with E-state index in [1.807, 2.05) is 12.1 Å². The predicted octanol–water partition coefficient (Wildman–Crippen LogP) is 1.20. The van der Waals surface area contributed by atoms with E-state index < -0.39 is 0 Å². The summed E-state index contributed by atoms with van der Waals surface area (Å²) in [6.07, 6.45) is 0. The van der Waals surface area contributed by atoms with Crippen LogP contribution in [0.1, 0.15) is 5.56 Å². The monoisotopic (exact) mass is 229 g/mol. The van der Waals surface area contributed by atoms with Crippen LogP contribution in [-0.4, -0.2) is 26.2 Å². The Kier molecular flexibility index (Phi) is 2.41. The number of nitriles is 1. The Balaban J connectivity index is 1.79. The summed E-state index contributed by atoms with van der Waals surface area (Å²) in [4.78, 5) is 0. The summed E-state index contributed by atoms with van der Waals surface area (Å²) in [7, 11) is 1.64. The largest absolute Gasteiger partial charge is 0.497 e. The maximum atomic E-state index is 9.08. The highest BCUT2D eigenvalue weighted by atomic mass is 16.5. The fraction of sp³-hybridized carbons (Fsp3) is 0.462. The number of nitrogens with zero attached hydrogens (tertiary/aromatic N) is 1. The standard InChI is InChI=1S/C13H15N3O/c1-17-9-3-2-8(5-14)12(4-9)16-13-10-6-15-7-11(10)13/h2-4,10-11,13,15-16H,6-7H2,1H3. The molecule has 1 heterocycles. The van der Waals surface area contributed by atoms with Gasteiger partial charge >= 0.3 is 0 Å². The molecule has 1 aromatic rings. The lowest BCUT2D eigenvalue weighted by atomic mass is 10.2. The average Bonchev–Trinajstić information content (AvgIpc) is 2.80. The van der Waals surface area contributed by atoms with Gasteiger partial charge in [-0.3, -0.25) is 0 Å². The first-order valence-corrected chi connectivity index (χ1v) is 5.89. The van der Waals surface area contributed by atoms with E-state index in [9.17, 15) is 0 Å². The van der Waals surface area contributed by atoms with E-state index in [-0.39, 0.29) is 0 Å². The molecule has 2 aliphatic rings. The quantitative estimate of drug-likeness (QED) is 0.817. The van der Waals surface area contributed by atoms with Gasteiger partial charge in [0.05, 0.1) is 18.4 Å². The SMILES string of the molecule is COc1ccc(C#N)c(NC2C3CNCC32)c1. The number of rotatable bonds is 3. The normalized spacial score (nSPS) is 29.3. The number of hydrogen-bond acceptors (Lipinski definition) is 4. The molecular weight excluding hydrogens is 214 g/mol. The van der Waals surface area contributed by atoms with Crippen LogP contribution >= 0.6 is 0 Å². The molecule has 2 fully saturated rings. The molecule has 17 heavy (non-hydrogen) atoms. The van der Waals surface area contributed by atoms with Crippen LogP contribution < -0.4 is 15.4 Å². The Hall–Kier alpha value is -1.73. The van der Waals surface area contributed by atoms with Crippen LogP contribution in [0.4, 0.5) is 5.69 Å². The summed E-state index contributed by atoms with van der Waals surface area (Å²) in [5.74, 6) is 2.25. The van der Waals surface area contributed by atoms with E-state index >= 15 is 0 Å². The zero-order chi connectivity index (χ0) is 11.8. The van der Waals surface area contributed by atoms with Gasteiger partial charge in [0.15, 0.2) is 0 Å². The molecule has 88 valence electrons. The summed E-state index contributed by atoms with van der Waals surface area (Å²) in [5, 5.41) is 15.9. The molecule has 0 bridgehead atoms. The topological polar surface area (TPSA) is 57.1 Å². The Labute approximate surface area is 101 Å². The van der Waals surface area contributed by atoms with Crippen molar-refractivity contribution in [3.05, 3.63) is 23.8 Å². The summed E-state index contributed by atoms with van der Waals surface area (Å²) in [5.41, 5.74) is 1.58. The van der Waals surface area contributed by atoms with Gasteiger partial charge in [-0.25, -0.2) is 0 Å². The maximum Gasteiger partial charge on any atom is 0.121 e. The molecule has 1 saturated heterocycles. The second-order valence-corrected chi connectivity index (χ2v) is 4.68. The van der Waals surface area contributed by atoms with Gasteiger partial charge in [-0.1, -0.05) is 0 Å². The molecule has 1 aliphatic carbocycles. The second-order valence-electron chi connectivity index (χ2n) is 4.68. The first kappa shape index (κ1) is 10.4. The van der Waals surface area contributed by atoms with Crippen molar-refractivity contribution in [2.45, 2.75) is 6.04 Å². The molecule has 2 atom stereocenters. The van der Waals surface area contributed by atoms with Crippen molar-refractivity contribution in [2.75, 3.05) is 25.5 Å². The first-order chi connectivity index (χ1) is 8.33. The van der Waals surface area contributed by atoms with E-state index in [0.29, 0.717) is 11.6 Å². The van der Waals surface area contributed by atoms with Crippen LogP contribution in [0.25, 0.3) is 0 Å². The number of fused-ring (bicyclic) bond motifs is 1. The van der Waals surface area contributed by atoms with Crippen LogP contribution in [0.3, 0.4) is 0 Å². The molecule has 0 spiro atoms. The lowest BCUT2D eigenvalue weighted by Gasteiger charge is -2.11. The Morgan fingerprint density at radius 3 is 2.82 bits per heavy atom. The van der Waals surface area contributed by atoms with Gasteiger partial charge in [0.25, 0.3) is 0 Å². The van der Waals surface area contributed by atoms with E-state index in [1.165, 1.54) is 0 Å². The number of nitrogens with one attached hydrogen (secondary N) is 2. The van der Waals surface area contributed by atoms with Gasteiger partial charge in [0.2, 0.25) is 0 Å². The second kappa shape index (κ2) is 3.94. The summed E-state index contributed by atoms with van der Waals surface area (Å²) in [6.45, 7) is 2.18. The smallest absolute Gasteiger partial charge is 0.121 e. The molecule has 0 amide bonds. The number of ether oxygens (including phenoxy) is 1. The number of benzene rings is 1. The van der Waals surface area contributed by atoms with Crippen LogP contribution in [0.5, 0.6) is 5.75 Å². The van der Waals surface area contributed by atoms with Crippen molar-refractivity contribution in [3.8, 4) is 11.8 Å². The van der Waals surface area contributed by atoms with E-state index in [2.05, 4.69) is 16.7 Å². The Bertz CT molecular complexity index is 470. The van der Waals surface area contributed by atoms with Crippen LogP contribution in [-0.2, 0) is 0 Å². The molecule has 1 aromatic carbocycles. The van der Waals surface area contributed by atoms with Gasteiger partial charge in [-0.2, -0.15) is 5.26 Å². The minimum atomic E-state index is 0.524. The zero-order valence-corrected chi connectivity index (χ0v) is 9.73. The fourth-order valence-corrected chi connectivity index (χ4v) is 2.68. The molecule has 4 heteroatoms. The lowest BCUT2D eigenvalue weighted by molar-refractivity contribution is 0.415. The minimum Gasteiger partial charge on any atom is -0.497 e. The lowest BCUT2D eigenvalue weighted by Crippen LogP contribution is -2.21.